The van der Waals surface area contributed by atoms with Crippen molar-refractivity contribution in [2.45, 2.75) is 57.5 Å². The standard InChI is InChI=1S/C24H28N4O7/c1-24(2,25-18(29)14-26-12-6-3-7-13-26)23(34)35-28-19(30)11-10-17(22(28)33)27-20(31)15-8-4-5-9-16(15)21(27)32/h4-5,8-9,17H,3,6-7,10-14H2,1-2H3,(H,25,29)/t17-/m0/s1. The minimum absolute atomic E-state index is 0.0762. The van der Waals surface area contributed by atoms with Gasteiger partial charge in [-0.25, -0.2) is 4.79 Å². The van der Waals surface area contributed by atoms with Gasteiger partial charge in [0.05, 0.1) is 17.7 Å². The normalized spacial score (nSPS) is 21.3. The molecule has 0 aliphatic carbocycles. The molecule has 3 heterocycles. The maximum Gasteiger partial charge on any atom is 0.357 e. The lowest BCUT2D eigenvalue weighted by Crippen LogP contribution is -2.59. The van der Waals surface area contributed by atoms with Gasteiger partial charge in [-0.2, -0.15) is 0 Å². The van der Waals surface area contributed by atoms with E-state index in [4.69, 9.17) is 4.84 Å². The van der Waals surface area contributed by atoms with E-state index in [2.05, 4.69) is 5.32 Å². The van der Waals surface area contributed by atoms with Gasteiger partial charge in [-0.15, -0.1) is 5.06 Å². The first-order valence-corrected chi connectivity index (χ1v) is 11.7. The summed E-state index contributed by atoms with van der Waals surface area (Å²) in [5.41, 5.74) is -1.19. The van der Waals surface area contributed by atoms with Crippen LogP contribution in [-0.4, -0.2) is 81.6 Å². The van der Waals surface area contributed by atoms with Gasteiger partial charge in [-0.05, 0) is 58.3 Å². The zero-order chi connectivity index (χ0) is 25.3. The van der Waals surface area contributed by atoms with E-state index < -0.39 is 41.2 Å². The number of imide groups is 2. The molecular formula is C24H28N4O7. The highest BCUT2D eigenvalue weighted by atomic mass is 16.7. The van der Waals surface area contributed by atoms with Crippen molar-refractivity contribution in [2.24, 2.45) is 0 Å². The van der Waals surface area contributed by atoms with E-state index in [-0.39, 0.29) is 36.4 Å². The lowest BCUT2D eigenvalue weighted by Gasteiger charge is -2.34. The summed E-state index contributed by atoms with van der Waals surface area (Å²) in [6, 6.07) is 4.90. The predicted molar refractivity (Wildman–Crippen MR) is 120 cm³/mol. The number of amides is 5. The van der Waals surface area contributed by atoms with Crippen molar-refractivity contribution in [3.63, 3.8) is 0 Å². The quantitative estimate of drug-likeness (QED) is 0.582. The molecule has 0 spiro atoms. The number of fused-ring (bicyclic) bond motifs is 1. The van der Waals surface area contributed by atoms with E-state index in [1.165, 1.54) is 26.0 Å². The highest BCUT2D eigenvalue weighted by Crippen LogP contribution is 2.29. The summed E-state index contributed by atoms with van der Waals surface area (Å²) >= 11 is 0. The molecule has 11 nitrogen and oxygen atoms in total. The fourth-order valence-corrected chi connectivity index (χ4v) is 4.53. The van der Waals surface area contributed by atoms with Crippen molar-refractivity contribution in [2.75, 3.05) is 19.6 Å². The van der Waals surface area contributed by atoms with Crippen molar-refractivity contribution in [1.82, 2.24) is 20.2 Å². The molecule has 1 aromatic rings. The zero-order valence-corrected chi connectivity index (χ0v) is 19.7. The Morgan fingerprint density at radius 2 is 1.60 bits per heavy atom. The third-order valence-electron chi connectivity index (χ3n) is 6.43. The average molecular weight is 485 g/mol. The molecule has 1 aromatic carbocycles. The summed E-state index contributed by atoms with van der Waals surface area (Å²) in [5.74, 6) is -4.45. The Labute approximate surface area is 202 Å². The lowest BCUT2D eigenvalue weighted by atomic mass is 10.0. The summed E-state index contributed by atoms with van der Waals surface area (Å²) in [7, 11) is 0. The van der Waals surface area contributed by atoms with Gasteiger partial charge in [0.15, 0.2) is 0 Å². The molecule has 0 bridgehead atoms. The van der Waals surface area contributed by atoms with Crippen LogP contribution in [0.4, 0.5) is 0 Å². The molecule has 1 N–H and O–H groups in total. The molecule has 2 fully saturated rings. The topological polar surface area (TPSA) is 133 Å². The average Bonchev–Trinajstić information content (AvgIpc) is 3.07. The van der Waals surface area contributed by atoms with E-state index in [1.807, 2.05) is 4.90 Å². The van der Waals surface area contributed by atoms with Crippen molar-refractivity contribution in [1.29, 1.82) is 0 Å². The van der Waals surface area contributed by atoms with Gasteiger partial charge in [-0.3, -0.25) is 33.8 Å². The summed E-state index contributed by atoms with van der Waals surface area (Å²) in [5, 5.41) is 2.90. The van der Waals surface area contributed by atoms with E-state index in [1.54, 1.807) is 12.1 Å². The van der Waals surface area contributed by atoms with Crippen LogP contribution in [0.5, 0.6) is 0 Å². The van der Waals surface area contributed by atoms with Gasteiger partial charge in [0.1, 0.15) is 11.6 Å². The highest BCUT2D eigenvalue weighted by Gasteiger charge is 2.49. The second-order valence-electron chi connectivity index (χ2n) is 9.50. The molecule has 11 heteroatoms. The number of hydrogen-bond donors (Lipinski definition) is 1. The smallest absolute Gasteiger partial charge is 0.340 e. The van der Waals surface area contributed by atoms with Crippen LogP contribution in [-0.2, 0) is 24.0 Å². The highest BCUT2D eigenvalue weighted by molar-refractivity contribution is 6.23. The SMILES string of the molecule is CC(C)(NC(=O)CN1CCCCC1)C(=O)ON1C(=O)CC[C@H](N2C(=O)c3ccccc3C2=O)C1=O. The second kappa shape index (κ2) is 9.57. The molecule has 3 aliphatic heterocycles. The van der Waals surface area contributed by atoms with Gasteiger partial charge >= 0.3 is 5.97 Å². The van der Waals surface area contributed by atoms with Crippen LogP contribution in [0.2, 0.25) is 0 Å². The van der Waals surface area contributed by atoms with E-state index in [9.17, 15) is 28.8 Å². The Morgan fingerprint density at radius 1 is 1.00 bits per heavy atom. The maximum atomic E-state index is 13.1. The Morgan fingerprint density at radius 3 is 2.20 bits per heavy atom. The summed E-state index contributed by atoms with van der Waals surface area (Å²) in [6.07, 6.45) is 2.85. The van der Waals surface area contributed by atoms with Crippen LogP contribution < -0.4 is 5.32 Å². The molecule has 2 saturated heterocycles. The number of rotatable bonds is 6. The molecule has 3 aliphatic rings. The van der Waals surface area contributed by atoms with Crippen LogP contribution >= 0.6 is 0 Å². The molecule has 0 unspecified atom stereocenters. The Hall–Kier alpha value is -3.60. The number of hydroxylamine groups is 2. The minimum atomic E-state index is -1.53. The third-order valence-corrected chi connectivity index (χ3v) is 6.43. The first kappa shape index (κ1) is 24.5. The molecule has 1 atom stereocenters. The zero-order valence-electron chi connectivity index (χ0n) is 19.7. The first-order valence-electron chi connectivity index (χ1n) is 11.7. The summed E-state index contributed by atoms with van der Waals surface area (Å²) in [6.45, 7) is 4.54. The molecule has 0 aromatic heterocycles. The van der Waals surface area contributed by atoms with E-state index in [0.29, 0.717) is 5.06 Å². The Kier molecular flexibility index (Phi) is 6.70. The second-order valence-corrected chi connectivity index (χ2v) is 9.50. The van der Waals surface area contributed by atoms with E-state index >= 15 is 0 Å². The van der Waals surface area contributed by atoms with Crippen LogP contribution in [0.15, 0.2) is 24.3 Å². The molecule has 4 rings (SSSR count). The fraction of sp³-hybridized carbons (Fsp3) is 0.500. The molecule has 35 heavy (non-hydrogen) atoms. The number of carbonyl (C=O) groups is 6. The molecular weight excluding hydrogens is 456 g/mol. The number of likely N-dealkylation sites (tertiary alicyclic amines) is 1. The van der Waals surface area contributed by atoms with Gasteiger partial charge in [-0.1, -0.05) is 18.6 Å². The third kappa shape index (κ3) is 4.81. The van der Waals surface area contributed by atoms with Gasteiger partial charge in [0.2, 0.25) is 5.91 Å². The maximum absolute atomic E-state index is 13.1. The monoisotopic (exact) mass is 484 g/mol. The van der Waals surface area contributed by atoms with Crippen LogP contribution in [0, 0.1) is 0 Å². The summed E-state index contributed by atoms with van der Waals surface area (Å²) in [4.78, 5) is 84.4. The number of piperidine rings is 2. The number of benzene rings is 1. The van der Waals surface area contributed by atoms with Gasteiger partial charge in [0, 0.05) is 6.42 Å². The van der Waals surface area contributed by atoms with Gasteiger partial charge in [0.25, 0.3) is 23.6 Å². The van der Waals surface area contributed by atoms with Crippen LogP contribution in [0.3, 0.4) is 0 Å². The molecule has 0 radical (unpaired) electrons. The lowest BCUT2D eigenvalue weighted by molar-refractivity contribution is -0.211. The van der Waals surface area contributed by atoms with Crippen molar-refractivity contribution in [3.05, 3.63) is 35.4 Å². The predicted octanol–water partition coefficient (Wildman–Crippen LogP) is 0.639. The van der Waals surface area contributed by atoms with Crippen LogP contribution in [0.1, 0.15) is 66.7 Å². The largest absolute Gasteiger partial charge is 0.357 e. The number of nitrogens with zero attached hydrogens (tertiary/aromatic N) is 3. The Balaban J connectivity index is 1.42. The van der Waals surface area contributed by atoms with Crippen molar-refractivity contribution < 1.29 is 33.6 Å². The Bertz CT molecular complexity index is 1060. The minimum Gasteiger partial charge on any atom is -0.340 e. The fourth-order valence-electron chi connectivity index (χ4n) is 4.53. The van der Waals surface area contributed by atoms with Crippen molar-refractivity contribution in [3.8, 4) is 0 Å². The number of carbonyl (C=O) groups excluding carboxylic acids is 6. The molecule has 5 amide bonds. The molecule has 0 saturated carbocycles. The van der Waals surface area contributed by atoms with Crippen molar-refractivity contribution >= 4 is 35.5 Å². The number of nitrogens with one attached hydrogen (secondary N) is 1. The van der Waals surface area contributed by atoms with E-state index in [0.717, 1.165) is 37.3 Å². The summed E-state index contributed by atoms with van der Waals surface area (Å²) < 4.78 is 0. The number of hydrogen-bond acceptors (Lipinski definition) is 8. The van der Waals surface area contributed by atoms with Gasteiger partial charge < -0.3 is 10.2 Å². The first-order chi connectivity index (χ1) is 16.6. The van der Waals surface area contributed by atoms with Crippen LogP contribution in [0.25, 0.3) is 0 Å². The molecule has 186 valence electrons.